The van der Waals surface area contributed by atoms with Crippen LogP contribution in [0.25, 0.3) is 0 Å². The average molecular weight is 125 g/mol. The predicted molar refractivity (Wildman–Crippen MR) is 38.4 cm³/mol. The maximum atomic E-state index is 2.68. The van der Waals surface area contributed by atoms with Crippen molar-refractivity contribution in [3.05, 3.63) is 0 Å². The van der Waals surface area contributed by atoms with Crippen LogP contribution in [-0.2, 0) is 0 Å². The van der Waals surface area contributed by atoms with E-state index in [1.807, 2.05) is 0 Å². The number of nitrogens with zero attached hydrogens (tertiary/aromatic N) is 1. The highest BCUT2D eigenvalue weighted by Crippen LogP contribution is 2.35. The SMILES string of the molecule is CCC1CC2CCCN12. The van der Waals surface area contributed by atoms with Gasteiger partial charge in [-0.3, -0.25) is 4.90 Å². The molecule has 2 aliphatic heterocycles. The van der Waals surface area contributed by atoms with Crippen LogP contribution in [0.5, 0.6) is 0 Å². The lowest BCUT2D eigenvalue weighted by Gasteiger charge is -2.44. The van der Waals surface area contributed by atoms with E-state index in [2.05, 4.69) is 11.8 Å². The number of hydrogen-bond acceptors (Lipinski definition) is 1. The summed E-state index contributed by atoms with van der Waals surface area (Å²) in [5, 5.41) is 0. The second kappa shape index (κ2) is 1.98. The molecule has 0 aliphatic carbocycles. The fourth-order valence-electron chi connectivity index (χ4n) is 2.30. The van der Waals surface area contributed by atoms with E-state index < -0.39 is 0 Å². The molecule has 0 N–H and O–H groups in total. The third-order valence-corrected chi connectivity index (χ3v) is 2.91. The van der Waals surface area contributed by atoms with E-state index in [0.29, 0.717) is 0 Å². The van der Waals surface area contributed by atoms with Gasteiger partial charge in [-0.25, -0.2) is 0 Å². The smallest absolute Gasteiger partial charge is 0.0114 e. The molecule has 0 bridgehead atoms. The second-order valence-electron chi connectivity index (χ2n) is 3.33. The molecule has 1 nitrogen and oxygen atoms in total. The molecule has 2 saturated heterocycles. The molecule has 0 saturated carbocycles. The molecule has 0 radical (unpaired) electrons. The van der Waals surface area contributed by atoms with Crippen molar-refractivity contribution >= 4 is 0 Å². The van der Waals surface area contributed by atoms with Crippen LogP contribution < -0.4 is 0 Å². The zero-order valence-electron chi connectivity index (χ0n) is 6.14. The van der Waals surface area contributed by atoms with Gasteiger partial charge in [-0.05, 0) is 32.2 Å². The van der Waals surface area contributed by atoms with E-state index >= 15 is 0 Å². The summed E-state index contributed by atoms with van der Waals surface area (Å²) in [5.74, 6) is 0. The van der Waals surface area contributed by atoms with E-state index in [9.17, 15) is 0 Å². The van der Waals surface area contributed by atoms with Gasteiger partial charge in [0.05, 0.1) is 0 Å². The minimum atomic E-state index is 0.970. The topological polar surface area (TPSA) is 3.24 Å². The predicted octanol–water partition coefficient (Wildman–Crippen LogP) is 1.63. The van der Waals surface area contributed by atoms with Crippen LogP contribution in [-0.4, -0.2) is 23.5 Å². The molecular weight excluding hydrogens is 110 g/mol. The maximum Gasteiger partial charge on any atom is 0.0114 e. The monoisotopic (exact) mass is 125 g/mol. The van der Waals surface area contributed by atoms with Gasteiger partial charge in [-0.15, -0.1) is 0 Å². The normalized spacial score (nSPS) is 42.3. The van der Waals surface area contributed by atoms with Crippen molar-refractivity contribution in [2.24, 2.45) is 0 Å². The maximum absolute atomic E-state index is 2.68. The fraction of sp³-hybridized carbons (Fsp3) is 1.00. The van der Waals surface area contributed by atoms with Crippen molar-refractivity contribution in [1.29, 1.82) is 0 Å². The fourth-order valence-corrected chi connectivity index (χ4v) is 2.30. The molecule has 2 heterocycles. The van der Waals surface area contributed by atoms with Gasteiger partial charge in [0.2, 0.25) is 0 Å². The molecule has 0 aromatic heterocycles. The summed E-state index contributed by atoms with van der Waals surface area (Å²) in [4.78, 5) is 2.68. The minimum absolute atomic E-state index is 0.970. The summed E-state index contributed by atoms with van der Waals surface area (Å²) in [6.07, 6.45) is 5.81. The van der Waals surface area contributed by atoms with Crippen molar-refractivity contribution in [3.8, 4) is 0 Å². The molecule has 0 spiro atoms. The largest absolute Gasteiger partial charge is 0.297 e. The molecule has 2 rings (SSSR count). The minimum Gasteiger partial charge on any atom is -0.297 e. The van der Waals surface area contributed by atoms with Gasteiger partial charge in [0.15, 0.2) is 0 Å². The van der Waals surface area contributed by atoms with Gasteiger partial charge in [0, 0.05) is 12.1 Å². The van der Waals surface area contributed by atoms with Crippen LogP contribution in [0.4, 0.5) is 0 Å². The van der Waals surface area contributed by atoms with E-state index in [0.717, 1.165) is 12.1 Å². The first-order valence-electron chi connectivity index (χ1n) is 4.17. The summed E-state index contributed by atoms with van der Waals surface area (Å²) >= 11 is 0. The Morgan fingerprint density at radius 1 is 1.56 bits per heavy atom. The van der Waals surface area contributed by atoms with Crippen LogP contribution in [0.2, 0.25) is 0 Å². The van der Waals surface area contributed by atoms with E-state index in [1.165, 1.54) is 32.2 Å². The van der Waals surface area contributed by atoms with Crippen LogP contribution in [0.3, 0.4) is 0 Å². The molecule has 0 aromatic rings. The Morgan fingerprint density at radius 2 is 2.44 bits per heavy atom. The third kappa shape index (κ3) is 0.710. The van der Waals surface area contributed by atoms with Crippen molar-refractivity contribution in [1.82, 2.24) is 4.90 Å². The Labute approximate surface area is 57.0 Å². The Morgan fingerprint density at radius 3 is 3.11 bits per heavy atom. The Kier molecular flexibility index (Phi) is 1.26. The zero-order valence-corrected chi connectivity index (χ0v) is 6.14. The molecule has 0 amide bonds. The lowest BCUT2D eigenvalue weighted by molar-refractivity contribution is 0.0522. The molecule has 9 heavy (non-hydrogen) atoms. The highest BCUT2D eigenvalue weighted by atomic mass is 15.3. The molecule has 2 fully saturated rings. The lowest BCUT2D eigenvalue weighted by Crippen LogP contribution is -2.51. The van der Waals surface area contributed by atoms with Gasteiger partial charge in [-0.1, -0.05) is 6.92 Å². The number of rotatable bonds is 1. The highest BCUT2D eigenvalue weighted by Gasteiger charge is 2.39. The van der Waals surface area contributed by atoms with Crippen LogP contribution in [0.1, 0.15) is 32.6 Å². The molecule has 2 atom stereocenters. The summed E-state index contributed by atoms with van der Waals surface area (Å²) in [7, 11) is 0. The summed E-state index contributed by atoms with van der Waals surface area (Å²) < 4.78 is 0. The Hall–Kier alpha value is -0.0400. The quantitative estimate of drug-likeness (QED) is 0.515. The van der Waals surface area contributed by atoms with Crippen LogP contribution in [0.15, 0.2) is 0 Å². The van der Waals surface area contributed by atoms with E-state index in [4.69, 9.17) is 0 Å². The van der Waals surface area contributed by atoms with Gasteiger partial charge < -0.3 is 0 Å². The van der Waals surface area contributed by atoms with Crippen molar-refractivity contribution in [2.45, 2.75) is 44.7 Å². The van der Waals surface area contributed by atoms with E-state index in [1.54, 1.807) is 0 Å². The molecular formula is C8H15N. The molecule has 0 aromatic carbocycles. The summed E-state index contributed by atoms with van der Waals surface area (Å²) in [6, 6.07) is 1.98. The molecule has 1 heteroatoms. The van der Waals surface area contributed by atoms with Gasteiger partial charge in [0.25, 0.3) is 0 Å². The number of hydrogen-bond donors (Lipinski definition) is 0. The Balaban J connectivity index is 1.93. The van der Waals surface area contributed by atoms with E-state index in [-0.39, 0.29) is 0 Å². The van der Waals surface area contributed by atoms with Gasteiger partial charge in [-0.2, -0.15) is 0 Å². The van der Waals surface area contributed by atoms with Crippen molar-refractivity contribution in [2.75, 3.05) is 6.54 Å². The first-order chi connectivity index (χ1) is 4.42. The van der Waals surface area contributed by atoms with Crippen LogP contribution >= 0.6 is 0 Å². The lowest BCUT2D eigenvalue weighted by atomic mass is 9.93. The van der Waals surface area contributed by atoms with Crippen molar-refractivity contribution in [3.63, 3.8) is 0 Å². The first kappa shape index (κ1) is 5.72. The van der Waals surface area contributed by atoms with Gasteiger partial charge >= 0.3 is 0 Å². The average Bonchev–Trinajstić information content (AvgIpc) is 2.14. The first-order valence-corrected chi connectivity index (χ1v) is 4.17. The highest BCUT2D eigenvalue weighted by molar-refractivity contribution is 4.95. The van der Waals surface area contributed by atoms with Crippen LogP contribution in [0, 0.1) is 0 Å². The zero-order chi connectivity index (χ0) is 6.27. The molecule has 52 valence electrons. The summed E-state index contributed by atoms with van der Waals surface area (Å²) in [5.41, 5.74) is 0. The van der Waals surface area contributed by atoms with Crippen molar-refractivity contribution < 1.29 is 0 Å². The number of fused-ring (bicyclic) bond motifs is 1. The molecule has 2 aliphatic rings. The standard InChI is InChI=1S/C8H15N/c1-2-7-6-8-4-3-5-9(7)8/h7-8H,2-6H2,1H3. The van der Waals surface area contributed by atoms with Gasteiger partial charge in [0.1, 0.15) is 0 Å². The third-order valence-electron chi connectivity index (χ3n) is 2.91. The summed E-state index contributed by atoms with van der Waals surface area (Å²) in [6.45, 7) is 3.70. The Bertz CT molecular complexity index is 111. The second-order valence-corrected chi connectivity index (χ2v) is 3.33. The molecule has 2 unspecified atom stereocenters.